The highest BCUT2D eigenvalue weighted by Crippen LogP contribution is 2.26. The fourth-order valence-electron chi connectivity index (χ4n) is 3.27. The van der Waals surface area contributed by atoms with Gasteiger partial charge in [0.25, 0.3) is 0 Å². The molecule has 1 aromatic rings. The molecule has 0 bridgehead atoms. The summed E-state index contributed by atoms with van der Waals surface area (Å²) in [6, 6.07) is 7.34. The Labute approximate surface area is 132 Å². The summed E-state index contributed by atoms with van der Waals surface area (Å²) in [5.74, 6) is 0.581. The van der Waals surface area contributed by atoms with Gasteiger partial charge in [0.1, 0.15) is 5.82 Å². The summed E-state index contributed by atoms with van der Waals surface area (Å²) in [5, 5.41) is 3.43. The molecule has 2 aliphatic heterocycles. The molecule has 118 valence electrons. The molecular weight excluding hydrogens is 291 g/mol. The molecule has 0 saturated carbocycles. The molecule has 0 aliphatic carbocycles. The zero-order valence-electron chi connectivity index (χ0n) is 12.3. The third-order valence-electron chi connectivity index (χ3n) is 4.42. The quantitative estimate of drug-likeness (QED) is 0.928. The molecule has 2 heterocycles. The van der Waals surface area contributed by atoms with Gasteiger partial charge in [-0.3, -0.25) is 4.90 Å². The Kier molecular flexibility index (Phi) is 6.42. The van der Waals surface area contributed by atoms with Crippen LogP contribution in [0.2, 0.25) is 0 Å². The first kappa shape index (κ1) is 16.7. The predicted octanol–water partition coefficient (Wildman–Crippen LogP) is 2.62. The zero-order chi connectivity index (χ0) is 13.8. The van der Waals surface area contributed by atoms with E-state index in [0.717, 1.165) is 63.7 Å². The summed E-state index contributed by atoms with van der Waals surface area (Å²) in [4.78, 5) is 2.52. The van der Waals surface area contributed by atoms with Crippen molar-refractivity contribution in [3.8, 4) is 0 Å². The number of nitrogens with zero attached hydrogens (tertiary/aromatic N) is 1. The van der Waals surface area contributed by atoms with Crippen molar-refractivity contribution >= 4 is 12.4 Å². The lowest BCUT2D eigenvalue weighted by Gasteiger charge is -2.39. The van der Waals surface area contributed by atoms with Gasteiger partial charge in [0.2, 0.25) is 0 Å². The van der Waals surface area contributed by atoms with E-state index in [9.17, 15) is 4.39 Å². The van der Waals surface area contributed by atoms with Crippen molar-refractivity contribution in [3.05, 3.63) is 35.6 Å². The summed E-state index contributed by atoms with van der Waals surface area (Å²) < 4.78 is 18.9. The first-order valence-electron chi connectivity index (χ1n) is 7.61. The average molecular weight is 315 g/mol. The fourth-order valence-corrected chi connectivity index (χ4v) is 3.27. The summed E-state index contributed by atoms with van der Waals surface area (Å²) in [7, 11) is 0. The van der Waals surface area contributed by atoms with E-state index >= 15 is 0 Å². The molecule has 21 heavy (non-hydrogen) atoms. The smallest absolute Gasteiger partial charge is 0.123 e. The van der Waals surface area contributed by atoms with E-state index in [-0.39, 0.29) is 18.2 Å². The van der Waals surface area contributed by atoms with Gasteiger partial charge >= 0.3 is 0 Å². The predicted molar refractivity (Wildman–Crippen MR) is 84.4 cm³/mol. The Hall–Kier alpha value is -0.680. The number of piperazine rings is 1. The minimum atomic E-state index is -0.140. The van der Waals surface area contributed by atoms with Crippen molar-refractivity contribution in [2.24, 2.45) is 5.92 Å². The molecule has 1 N–H and O–H groups in total. The molecule has 0 radical (unpaired) electrons. The number of benzene rings is 1. The van der Waals surface area contributed by atoms with Crippen molar-refractivity contribution in [2.75, 3.05) is 39.4 Å². The van der Waals surface area contributed by atoms with Gasteiger partial charge in [0.05, 0.1) is 0 Å². The summed E-state index contributed by atoms with van der Waals surface area (Å²) in [6.45, 7) is 5.86. The molecule has 1 unspecified atom stereocenters. The van der Waals surface area contributed by atoms with Gasteiger partial charge in [-0.15, -0.1) is 12.4 Å². The summed E-state index contributed by atoms with van der Waals surface area (Å²) in [6.07, 6.45) is 2.31. The maximum absolute atomic E-state index is 13.5. The number of halogens is 2. The number of nitrogens with one attached hydrogen (secondary N) is 1. The van der Waals surface area contributed by atoms with Crippen LogP contribution in [0.4, 0.5) is 4.39 Å². The molecule has 0 amide bonds. The van der Waals surface area contributed by atoms with Gasteiger partial charge < -0.3 is 10.1 Å². The molecule has 2 fully saturated rings. The topological polar surface area (TPSA) is 24.5 Å². The lowest BCUT2D eigenvalue weighted by atomic mass is 9.96. The zero-order valence-corrected chi connectivity index (χ0v) is 13.1. The third kappa shape index (κ3) is 4.39. The maximum Gasteiger partial charge on any atom is 0.123 e. The number of ether oxygens (including phenoxy) is 1. The van der Waals surface area contributed by atoms with E-state index < -0.39 is 0 Å². The molecule has 2 saturated heterocycles. The standard InChI is InChI=1S/C16H23FN2O.ClH/c17-15-3-1-2-14(10-15)16-11-18-6-7-19(16)12-13-4-8-20-9-5-13;/h1-3,10,13,16,18H,4-9,11-12H2;1H. The maximum atomic E-state index is 13.5. The summed E-state index contributed by atoms with van der Waals surface area (Å²) >= 11 is 0. The highest BCUT2D eigenvalue weighted by molar-refractivity contribution is 5.85. The number of hydrogen-bond donors (Lipinski definition) is 1. The van der Waals surface area contributed by atoms with Crippen molar-refractivity contribution in [3.63, 3.8) is 0 Å². The number of rotatable bonds is 3. The van der Waals surface area contributed by atoms with Gasteiger partial charge in [-0.1, -0.05) is 12.1 Å². The first-order chi connectivity index (χ1) is 9.83. The van der Waals surface area contributed by atoms with Crippen LogP contribution in [0.1, 0.15) is 24.4 Å². The minimum absolute atomic E-state index is 0. The van der Waals surface area contributed by atoms with Crippen LogP contribution in [0.15, 0.2) is 24.3 Å². The van der Waals surface area contributed by atoms with Crippen molar-refractivity contribution in [2.45, 2.75) is 18.9 Å². The monoisotopic (exact) mass is 314 g/mol. The van der Waals surface area contributed by atoms with E-state index in [1.54, 1.807) is 6.07 Å². The molecule has 0 aromatic heterocycles. The van der Waals surface area contributed by atoms with Crippen LogP contribution < -0.4 is 5.32 Å². The van der Waals surface area contributed by atoms with Crippen molar-refractivity contribution in [1.82, 2.24) is 10.2 Å². The van der Waals surface area contributed by atoms with E-state index in [1.165, 1.54) is 6.07 Å². The lowest BCUT2D eigenvalue weighted by molar-refractivity contribution is 0.0407. The van der Waals surface area contributed by atoms with Crippen molar-refractivity contribution in [1.29, 1.82) is 0 Å². The van der Waals surface area contributed by atoms with Crippen LogP contribution in [-0.4, -0.2) is 44.3 Å². The summed E-state index contributed by atoms with van der Waals surface area (Å²) in [5.41, 5.74) is 1.09. The fraction of sp³-hybridized carbons (Fsp3) is 0.625. The molecule has 0 spiro atoms. The molecule has 3 nitrogen and oxygen atoms in total. The van der Waals surface area contributed by atoms with Crippen LogP contribution in [0.5, 0.6) is 0 Å². The molecule has 3 rings (SSSR count). The Balaban J connectivity index is 0.00000161. The minimum Gasteiger partial charge on any atom is -0.381 e. The van der Waals surface area contributed by atoms with Crippen LogP contribution >= 0.6 is 12.4 Å². The molecule has 2 aliphatic rings. The van der Waals surface area contributed by atoms with Gasteiger partial charge in [0.15, 0.2) is 0 Å². The third-order valence-corrected chi connectivity index (χ3v) is 4.42. The second-order valence-electron chi connectivity index (χ2n) is 5.83. The Morgan fingerprint density at radius 3 is 2.86 bits per heavy atom. The van der Waals surface area contributed by atoms with Crippen LogP contribution in [0.25, 0.3) is 0 Å². The largest absolute Gasteiger partial charge is 0.381 e. The first-order valence-corrected chi connectivity index (χ1v) is 7.61. The SMILES string of the molecule is Cl.Fc1cccc(C2CNCCN2CC2CCOCC2)c1. The van der Waals surface area contributed by atoms with E-state index in [2.05, 4.69) is 10.2 Å². The molecule has 1 atom stereocenters. The number of hydrogen-bond acceptors (Lipinski definition) is 3. The van der Waals surface area contributed by atoms with Crippen molar-refractivity contribution < 1.29 is 9.13 Å². The average Bonchev–Trinajstić information content (AvgIpc) is 2.49. The van der Waals surface area contributed by atoms with Crippen LogP contribution in [-0.2, 0) is 4.74 Å². The second-order valence-corrected chi connectivity index (χ2v) is 5.83. The van der Waals surface area contributed by atoms with Gasteiger partial charge in [-0.2, -0.15) is 0 Å². The molecule has 5 heteroatoms. The molecule has 1 aromatic carbocycles. The van der Waals surface area contributed by atoms with E-state index in [4.69, 9.17) is 4.74 Å². The Morgan fingerprint density at radius 2 is 2.10 bits per heavy atom. The van der Waals surface area contributed by atoms with Gasteiger partial charge in [-0.05, 0) is 36.5 Å². The normalized spacial score (nSPS) is 24.5. The van der Waals surface area contributed by atoms with Crippen LogP contribution in [0, 0.1) is 11.7 Å². The highest BCUT2D eigenvalue weighted by atomic mass is 35.5. The van der Waals surface area contributed by atoms with Gasteiger partial charge in [-0.25, -0.2) is 4.39 Å². The highest BCUT2D eigenvalue weighted by Gasteiger charge is 2.27. The lowest BCUT2D eigenvalue weighted by Crippen LogP contribution is -2.48. The van der Waals surface area contributed by atoms with Crippen LogP contribution in [0.3, 0.4) is 0 Å². The van der Waals surface area contributed by atoms with E-state index in [1.807, 2.05) is 12.1 Å². The van der Waals surface area contributed by atoms with E-state index in [0.29, 0.717) is 6.04 Å². The van der Waals surface area contributed by atoms with Gasteiger partial charge in [0, 0.05) is 45.4 Å². The molecular formula is C16H24ClFN2O. The second kappa shape index (κ2) is 8.08. The Bertz CT molecular complexity index is 440. The Morgan fingerprint density at radius 1 is 1.29 bits per heavy atom.